The second kappa shape index (κ2) is 2.99. The lowest BCUT2D eigenvalue weighted by Crippen LogP contribution is -2.33. The number of amides is 1. The molecule has 3 N–H and O–H groups in total. The van der Waals surface area contributed by atoms with Gasteiger partial charge < -0.3 is 15.6 Å². The molecular weight excluding hydrogens is 160 g/mol. The zero-order chi connectivity index (χ0) is 9.19. The summed E-state index contributed by atoms with van der Waals surface area (Å²) in [5, 5.41) is 17.5. The number of nitriles is 1. The maximum absolute atomic E-state index is 10.3. The molecular formula is C7H10N2O3. The van der Waals surface area contributed by atoms with Crippen molar-refractivity contribution >= 4 is 6.09 Å². The van der Waals surface area contributed by atoms with Crippen molar-refractivity contribution in [2.75, 3.05) is 6.61 Å². The minimum atomic E-state index is -0.949. The van der Waals surface area contributed by atoms with Gasteiger partial charge in [-0.1, -0.05) is 0 Å². The summed E-state index contributed by atoms with van der Waals surface area (Å²) in [6, 6.07) is 2.02. The Kier molecular flexibility index (Phi) is 2.20. The molecule has 12 heavy (non-hydrogen) atoms. The number of aliphatic hydroxyl groups is 1. The molecule has 0 radical (unpaired) electrons. The van der Waals surface area contributed by atoms with Gasteiger partial charge >= 0.3 is 6.09 Å². The smallest absolute Gasteiger partial charge is 0.404 e. The second-order valence-electron chi connectivity index (χ2n) is 2.88. The van der Waals surface area contributed by atoms with Gasteiger partial charge in [0.25, 0.3) is 0 Å². The molecule has 0 spiro atoms. The van der Waals surface area contributed by atoms with Gasteiger partial charge in [-0.2, -0.15) is 5.26 Å². The van der Waals surface area contributed by atoms with Crippen LogP contribution in [0.2, 0.25) is 0 Å². The first-order valence-electron chi connectivity index (χ1n) is 3.63. The van der Waals surface area contributed by atoms with Crippen molar-refractivity contribution in [1.82, 2.24) is 0 Å². The molecule has 5 nitrogen and oxygen atoms in total. The zero-order valence-electron chi connectivity index (χ0n) is 6.49. The van der Waals surface area contributed by atoms with Crippen molar-refractivity contribution < 1.29 is 14.6 Å². The molecule has 1 fully saturated rings. The maximum Gasteiger partial charge on any atom is 0.404 e. The van der Waals surface area contributed by atoms with Crippen molar-refractivity contribution in [3.8, 4) is 6.07 Å². The number of carbonyl (C=O) groups is 1. The largest absolute Gasteiger partial charge is 0.442 e. The van der Waals surface area contributed by atoms with Crippen LogP contribution in [0.3, 0.4) is 0 Å². The molecule has 66 valence electrons. The fourth-order valence-electron chi connectivity index (χ4n) is 1.11. The number of ether oxygens (including phenoxy) is 1. The lowest BCUT2D eigenvalue weighted by molar-refractivity contribution is 0.0337. The normalized spacial score (nSPS) is 20.7. The first kappa shape index (κ1) is 8.81. The van der Waals surface area contributed by atoms with E-state index in [0.29, 0.717) is 12.8 Å². The molecule has 0 aliphatic heterocycles. The van der Waals surface area contributed by atoms with E-state index in [-0.39, 0.29) is 6.61 Å². The van der Waals surface area contributed by atoms with Gasteiger partial charge in [0.1, 0.15) is 6.10 Å². The van der Waals surface area contributed by atoms with E-state index in [4.69, 9.17) is 16.1 Å². The average molecular weight is 170 g/mol. The summed E-state index contributed by atoms with van der Waals surface area (Å²) in [5.74, 6) is 0. The minimum absolute atomic E-state index is 0.351. The summed E-state index contributed by atoms with van der Waals surface area (Å²) in [5.41, 5.74) is 4.09. The van der Waals surface area contributed by atoms with Gasteiger partial charge in [-0.25, -0.2) is 4.79 Å². The Morgan fingerprint density at radius 1 is 1.83 bits per heavy atom. The van der Waals surface area contributed by atoms with Crippen LogP contribution < -0.4 is 5.73 Å². The highest BCUT2D eigenvalue weighted by Crippen LogP contribution is 2.49. The zero-order valence-corrected chi connectivity index (χ0v) is 6.49. The number of hydrogen-bond acceptors (Lipinski definition) is 4. The van der Waals surface area contributed by atoms with Crippen LogP contribution in [0.5, 0.6) is 0 Å². The SMILES string of the molecule is N#CC1([C@H](CO)OC(N)=O)CC1. The van der Waals surface area contributed by atoms with Gasteiger partial charge in [0.15, 0.2) is 0 Å². The summed E-state index contributed by atoms with van der Waals surface area (Å²) in [7, 11) is 0. The molecule has 1 aliphatic rings. The van der Waals surface area contributed by atoms with Gasteiger partial charge in [-0.05, 0) is 12.8 Å². The maximum atomic E-state index is 10.3. The van der Waals surface area contributed by atoms with Gasteiger partial charge in [-0.3, -0.25) is 0 Å². The Bertz CT molecular complexity index is 229. The molecule has 0 bridgehead atoms. The Labute approximate surface area is 69.7 Å². The van der Waals surface area contributed by atoms with E-state index in [1.807, 2.05) is 6.07 Å². The molecule has 0 aromatic rings. The summed E-state index contributed by atoms with van der Waals surface area (Å²) in [4.78, 5) is 10.3. The molecule has 0 aromatic heterocycles. The van der Waals surface area contributed by atoms with E-state index < -0.39 is 17.6 Å². The number of rotatable bonds is 3. The van der Waals surface area contributed by atoms with Crippen molar-refractivity contribution in [3.63, 3.8) is 0 Å². The topological polar surface area (TPSA) is 96.3 Å². The lowest BCUT2D eigenvalue weighted by atomic mass is 10.0. The quantitative estimate of drug-likeness (QED) is 0.610. The lowest BCUT2D eigenvalue weighted by Gasteiger charge is -2.17. The third kappa shape index (κ3) is 1.48. The van der Waals surface area contributed by atoms with Crippen LogP contribution in [-0.4, -0.2) is 23.9 Å². The van der Waals surface area contributed by atoms with Crippen LogP contribution in [0, 0.1) is 16.7 Å². The van der Waals surface area contributed by atoms with Crippen molar-refractivity contribution in [3.05, 3.63) is 0 Å². The van der Waals surface area contributed by atoms with E-state index in [0.717, 1.165) is 0 Å². The first-order chi connectivity index (χ1) is 5.64. The number of hydrogen-bond donors (Lipinski definition) is 2. The number of aliphatic hydroxyl groups excluding tert-OH is 1. The van der Waals surface area contributed by atoms with E-state index >= 15 is 0 Å². The first-order valence-corrected chi connectivity index (χ1v) is 3.63. The van der Waals surface area contributed by atoms with Crippen molar-refractivity contribution in [2.24, 2.45) is 11.1 Å². The molecule has 1 atom stereocenters. The Morgan fingerprint density at radius 2 is 2.42 bits per heavy atom. The molecule has 5 heteroatoms. The van der Waals surface area contributed by atoms with E-state index in [2.05, 4.69) is 4.74 Å². The van der Waals surface area contributed by atoms with Gasteiger partial charge in [0, 0.05) is 0 Å². The molecule has 1 saturated carbocycles. The summed E-state index contributed by atoms with van der Waals surface area (Å²) < 4.78 is 4.58. The summed E-state index contributed by atoms with van der Waals surface area (Å²) >= 11 is 0. The molecule has 1 amide bonds. The Hall–Kier alpha value is -1.28. The molecule has 0 saturated heterocycles. The number of nitrogens with zero attached hydrogens (tertiary/aromatic N) is 1. The highest BCUT2D eigenvalue weighted by molar-refractivity contribution is 5.65. The average Bonchev–Trinajstić information content (AvgIpc) is 2.80. The Morgan fingerprint density at radius 3 is 2.67 bits per heavy atom. The molecule has 0 unspecified atom stereocenters. The number of primary amides is 1. The third-order valence-electron chi connectivity index (χ3n) is 2.05. The predicted octanol–water partition coefficient (Wildman–Crippen LogP) is -0.254. The summed E-state index contributed by atoms with van der Waals surface area (Å²) in [6.07, 6.45) is -0.403. The van der Waals surface area contributed by atoms with Crippen LogP contribution in [-0.2, 0) is 4.74 Å². The Balaban J connectivity index is 2.57. The number of nitrogens with two attached hydrogens (primary N) is 1. The molecule has 0 aromatic carbocycles. The van der Waals surface area contributed by atoms with Gasteiger partial charge in [-0.15, -0.1) is 0 Å². The van der Waals surface area contributed by atoms with Crippen LogP contribution in [0.25, 0.3) is 0 Å². The van der Waals surface area contributed by atoms with E-state index in [9.17, 15) is 4.79 Å². The van der Waals surface area contributed by atoms with Gasteiger partial charge in [0.05, 0.1) is 18.1 Å². The van der Waals surface area contributed by atoms with Crippen molar-refractivity contribution in [2.45, 2.75) is 18.9 Å². The van der Waals surface area contributed by atoms with E-state index in [1.54, 1.807) is 0 Å². The predicted molar refractivity (Wildman–Crippen MR) is 38.8 cm³/mol. The fraction of sp³-hybridized carbons (Fsp3) is 0.714. The molecule has 1 rings (SSSR count). The minimum Gasteiger partial charge on any atom is -0.442 e. The monoisotopic (exact) mass is 170 g/mol. The molecule has 1 aliphatic carbocycles. The van der Waals surface area contributed by atoms with E-state index in [1.165, 1.54) is 0 Å². The van der Waals surface area contributed by atoms with Crippen LogP contribution in [0.15, 0.2) is 0 Å². The fourth-order valence-corrected chi connectivity index (χ4v) is 1.11. The van der Waals surface area contributed by atoms with Crippen molar-refractivity contribution in [1.29, 1.82) is 5.26 Å². The highest BCUT2D eigenvalue weighted by Gasteiger charge is 2.52. The summed E-state index contributed by atoms with van der Waals surface area (Å²) in [6.45, 7) is -0.351. The van der Waals surface area contributed by atoms with Crippen LogP contribution >= 0.6 is 0 Å². The van der Waals surface area contributed by atoms with Crippen LogP contribution in [0.1, 0.15) is 12.8 Å². The second-order valence-corrected chi connectivity index (χ2v) is 2.88. The highest BCUT2D eigenvalue weighted by atomic mass is 16.6. The van der Waals surface area contributed by atoms with Crippen LogP contribution in [0.4, 0.5) is 4.79 Å². The third-order valence-corrected chi connectivity index (χ3v) is 2.05. The molecule has 0 heterocycles. The number of carbonyl (C=O) groups excluding carboxylic acids is 1. The van der Waals surface area contributed by atoms with Gasteiger partial charge in [0.2, 0.25) is 0 Å². The standard InChI is InChI=1S/C7H10N2O3/c8-4-7(1-2-7)5(3-10)12-6(9)11/h5,10H,1-3H2,(H2,9,11)/t5-/m0/s1.